The van der Waals surface area contributed by atoms with Crippen molar-refractivity contribution in [2.45, 2.75) is 380 Å². The molecule has 0 bridgehead atoms. The quantitative estimate of drug-likeness (QED) is 0.0261. The van der Waals surface area contributed by atoms with Gasteiger partial charge in [-0.05, 0) is 57.8 Å². The third-order valence-electron chi connectivity index (χ3n) is 15.6. The van der Waals surface area contributed by atoms with Crippen molar-refractivity contribution in [2.75, 3.05) is 13.2 Å². The van der Waals surface area contributed by atoms with E-state index in [9.17, 15) is 14.4 Å². The number of allylic oxidation sites excluding steroid dienone is 8. The minimum absolute atomic E-state index is 0.0681. The van der Waals surface area contributed by atoms with E-state index in [4.69, 9.17) is 14.2 Å². The Labute approximate surface area is 486 Å². The molecule has 6 nitrogen and oxygen atoms in total. The summed E-state index contributed by atoms with van der Waals surface area (Å²) in [5, 5.41) is 0. The van der Waals surface area contributed by atoms with Crippen LogP contribution >= 0.6 is 0 Å². The smallest absolute Gasteiger partial charge is 0.306 e. The lowest BCUT2D eigenvalue weighted by Gasteiger charge is -2.18. The van der Waals surface area contributed by atoms with Crippen LogP contribution in [0.25, 0.3) is 0 Å². The Kier molecular flexibility index (Phi) is 64.6. The second-order valence-corrected chi connectivity index (χ2v) is 23.4. The van der Waals surface area contributed by atoms with Gasteiger partial charge >= 0.3 is 17.9 Å². The molecule has 0 saturated carbocycles. The molecule has 0 rings (SSSR count). The molecule has 0 aromatic carbocycles. The predicted octanol–water partition coefficient (Wildman–Crippen LogP) is 23.7. The molecule has 0 amide bonds. The Morgan fingerprint density at radius 2 is 0.500 bits per heavy atom. The van der Waals surface area contributed by atoms with Crippen molar-refractivity contribution in [3.8, 4) is 0 Å². The standard InChI is InChI=1S/C72H132O6/c1-4-7-10-13-16-19-22-25-28-31-34-35-36-37-39-41-44-47-50-53-56-59-62-65-71(74)77-68-69(67-76-70(73)64-61-58-55-52-49-46-43-40-33-30-27-24-21-18-15-12-9-6-3)78-72(75)66-63-60-57-54-51-48-45-42-38-32-29-26-23-20-17-14-11-8-5-2/h7,10,16,19,25,28,34-35,69H,4-6,8-9,11-15,17-18,20-24,26-27,29-33,36-68H2,1-3H3/b10-7-,19-16-,28-25-,35-34-. The number of hydrogen-bond donors (Lipinski definition) is 0. The van der Waals surface area contributed by atoms with Gasteiger partial charge < -0.3 is 14.2 Å². The summed E-state index contributed by atoms with van der Waals surface area (Å²) in [6, 6.07) is 0. The van der Waals surface area contributed by atoms with Gasteiger partial charge in [-0.1, -0.05) is 345 Å². The van der Waals surface area contributed by atoms with Crippen LogP contribution in [0.1, 0.15) is 374 Å². The topological polar surface area (TPSA) is 78.9 Å². The monoisotopic (exact) mass is 1090 g/mol. The summed E-state index contributed by atoms with van der Waals surface area (Å²) in [6.45, 7) is 6.60. The van der Waals surface area contributed by atoms with E-state index < -0.39 is 6.10 Å². The first kappa shape index (κ1) is 75.4. The van der Waals surface area contributed by atoms with E-state index in [0.717, 1.165) is 83.5 Å². The van der Waals surface area contributed by atoms with Crippen LogP contribution in [0.3, 0.4) is 0 Å². The first-order valence-electron chi connectivity index (χ1n) is 34.6. The molecular formula is C72H132O6. The Balaban J connectivity index is 4.32. The molecule has 0 aliphatic heterocycles. The van der Waals surface area contributed by atoms with Crippen molar-refractivity contribution in [3.63, 3.8) is 0 Å². The minimum atomic E-state index is -0.772. The third kappa shape index (κ3) is 64.2. The van der Waals surface area contributed by atoms with E-state index in [-0.39, 0.29) is 31.1 Å². The van der Waals surface area contributed by atoms with Crippen LogP contribution in [0.4, 0.5) is 0 Å². The molecule has 0 aliphatic rings. The summed E-state index contributed by atoms with van der Waals surface area (Å²) in [4.78, 5) is 38.5. The van der Waals surface area contributed by atoms with E-state index in [1.165, 1.54) is 250 Å². The van der Waals surface area contributed by atoms with Gasteiger partial charge in [0.2, 0.25) is 0 Å². The molecule has 0 heterocycles. The molecule has 1 unspecified atom stereocenters. The molecule has 0 radical (unpaired) electrons. The number of esters is 3. The van der Waals surface area contributed by atoms with E-state index in [1.54, 1.807) is 0 Å². The molecule has 78 heavy (non-hydrogen) atoms. The first-order valence-corrected chi connectivity index (χ1v) is 34.6. The summed E-state index contributed by atoms with van der Waals surface area (Å²) in [6.07, 6.45) is 84.1. The van der Waals surface area contributed by atoms with Crippen molar-refractivity contribution < 1.29 is 28.6 Å². The third-order valence-corrected chi connectivity index (χ3v) is 15.6. The van der Waals surface area contributed by atoms with Crippen LogP contribution < -0.4 is 0 Å². The number of carbonyl (C=O) groups is 3. The Morgan fingerprint density at radius 1 is 0.269 bits per heavy atom. The van der Waals surface area contributed by atoms with E-state index in [2.05, 4.69) is 69.4 Å². The van der Waals surface area contributed by atoms with E-state index in [0.29, 0.717) is 19.3 Å². The highest BCUT2D eigenvalue weighted by Crippen LogP contribution is 2.18. The van der Waals surface area contributed by atoms with Crippen LogP contribution in [0.5, 0.6) is 0 Å². The zero-order valence-electron chi connectivity index (χ0n) is 52.5. The maximum absolute atomic E-state index is 13.0. The molecule has 0 aromatic heterocycles. The van der Waals surface area contributed by atoms with Gasteiger partial charge in [0.15, 0.2) is 6.10 Å². The predicted molar refractivity (Wildman–Crippen MR) is 339 cm³/mol. The molecular weight excluding hydrogens is 961 g/mol. The highest BCUT2D eigenvalue weighted by molar-refractivity contribution is 5.71. The average Bonchev–Trinajstić information content (AvgIpc) is 3.44. The van der Waals surface area contributed by atoms with Gasteiger partial charge in [-0.25, -0.2) is 0 Å². The highest BCUT2D eigenvalue weighted by Gasteiger charge is 2.19. The number of hydrogen-bond acceptors (Lipinski definition) is 6. The second-order valence-electron chi connectivity index (χ2n) is 23.4. The van der Waals surface area contributed by atoms with Crippen molar-refractivity contribution >= 4 is 17.9 Å². The molecule has 0 saturated heterocycles. The normalized spacial score (nSPS) is 12.3. The molecule has 1 atom stereocenters. The fourth-order valence-electron chi connectivity index (χ4n) is 10.4. The van der Waals surface area contributed by atoms with Crippen LogP contribution in [0, 0.1) is 0 Å². The van der Waals surface area contributed by atoms with Crippen molar-refractivity contribution in [3.05, 3.63) is 48.6 Å². The maximum Gasteiger partial charge on any atom is 0.306 e. The first-order chi connectivity index (χ1) is 38.5. The van der Waals surface area contributed by atoms with Crippen LogP contribution in [0.2, 0.25) is 0 Å². The zero-order valence-corrected chi connectivity index (χ0v) is 52.5. The summed E-state index contributed by atoms with van der Waals surface area (Å²) in [5.74, 6) is -0.843. The second kappa shape index (κ2) is 66.9. The van der Waals surface area contributed by atoms with E-state index in [1.807, 2.05) is 0 Å². The largest absolute Gasteiger partial charge is 0.462 e. The zero-order chi connectivity index (χ0) is 56.4. The van der Waals surface area contributed by atoms with Gasteiger partial charge in [-0.2, -0.15) is 0 Å². The van der Waals surface area contributed by atoms with Gasteiger partial charge in [-0.3, -0.25) is 14.4 Å². The van der Waals surface area contributed by atoms with Gasteiger partial charge in [0, 0.05) is 19.3 Å². The number of rotatable bonds is 64. The molecule has 0 aliphatic carbocycles. The van der Waals surface area contributed by atoms with Crippen molar-refractivity contribution in [1.82, 2.24) is 0 Å². The van der Waals surface area contributed by atoms with Gasteiger partial charge in [0.25, 0.3) is 0 Å². The Bertz CT molecular complexity index is 1350. The maximum atomic E-state index is 13.0. The van der Waals surface area contributed by atoms with Crippen LogP contribution in [0.15, 0.2) is 48.6 Å². The summed E-state index contributed by atoms with van der Waals surface area (Å²) in [5.41, 5.74) is 0. The number of unbranched alkanes of at least 4 members (excludes halogenated alkanes) is 45. The molecule has 456 valence electrons. The van der Waals surface area contributed by atoms with Gasteiger partial charge in [-0.15, -0.1) is 0 Å². The number of ether oxygens (including phenoxy) is 3. The van der Waals surface area contributed by atoms with Gasteiger partial charge in [0.05, 0.1) is 0 Å². The fraction of sp³-hybridized carbons (Fsp3) is 0.847. The molecule has 0 fully saturated rings. The molecule has 0 aromatic rings. The fourth-order valence-corrected chi connectivity index (χ4v) is 10.4. The Morgan fingerprint density at radius 3 is 0.782 bits per heavy atom. The molecule has 6 heteroatoms. The minimum Gasteiger partial charge on any atom is -0.462 e. The van der Waals surface area contributed by atoms with Crippen molar-refractivity contribution in [2.24, 2.45) is 0 Å². The van der Waals surface area contributed by atoms with Crippen LogP contribution in [-0.4, -0.2) is 37.2 Å². The lowest BCUT2D eigenvalue weighted by atomic mass is 10.0. The SMILES string of the molecule is CC/C=C\C/C=C\C/C=C\C/C=C\CCCCCCCCCCCCC(=O)OCC(COC(=O)CCCCCCCCCCCCCCCCCCCC)OC(=O)CCCCCCCCCCCCCCCCCCCCC. The summed E-state index contributed by atoms with van der Waals surface area (Å²) >= 11 is 0. The number of carbonyl (C=O) groups excluding carboxylic acids is 3. The van der Waals surface area contributed by atoms with Crippen molar-refractivity contribution in [1.29, 1.82) is 0 Å². The molecule has 0 spiro atoms. The molecule has 0 N–H and O–H groups in total. The van der Waals surface area contributed by atoms with Crippen LogP contribution in [-0.2, 0) is 28.6 Å². The lowest BCUT2D eigenvalue weighted by molar-refractivity contribution is -0.167. The lowest BCUT2D eigenvalue weighted by Crippen LogP contribution is -2.30. The summed E-state index contributed by atoms with van der Waals surface area (Å²) in [7, 11) is 0. The van der Waals surface area contributed by atoms with Gasteiger partial charge in [0.1, 0.15) is 13.2 Å². The summed E-state index contributed by atoms with van der Waals surface area (Å²) < 4.78 is 17.0. The van der Waals surface area contributed by atoms with E-state index >= 15 is 0 Å². The average molecular weight is 1090 g/mol. The Hall–Kier alpha value is -2.63. The highest BCUT2D eigenvalue weighted by atomic mass is 16.6.